The number of anilines is 1. The molecule has 0 aromatic carbocycles. The van der Waals surface area contributed by atoms with Crippen LogP contribution in [-0.4, -0.2) is 41.1 Å². The highest BCUT2D eigenvalue weighted by molar-refractivity contribution is 5.26. The molecule has 2 N–H and O–H groups in total. The molecule has 5 nitrogen and oxygen atoms in total. The molecule has 0 aliphatic carbocycles. The number of ether oxygens (including phenoxy) is 1. The molecule has 5 heteroatoms. The third-order valence-corrected chi connectivity index (χ3v) is 2.74. The number of nitrogens with zero attached hydrogens (tertiary/aromatic N) is 3. The average Bonchev–Trinajstić information content (AvgIpc) is 2.30. The van der Waals surface area contributed by atoms with Gasteiger partial charge < -0.3 is 10.5 Å². The Balaban J connectivity index is 1.71. The summed E-state index contributed by atoms with van der Waals surface area (Å²) in [5, 5.41) is 0. The van der Waals surface area contributed by atoms with E-state index in [0.29, 0.717) is 18.4 Å². The lowest BCUT2D eigenvalue weighted by atomic mass is 10.1. The Kier molecular flexibility index (Phi) is 3.93. The van der Waals surface area contributed by atoms with E-state index in [1.54, 1.807) is 12.3 Å². The third-order valence-electron chi connectivity index (χ3n) is 2.74. The van der Waals surface area contributed by atoms with Gasteiger partial charge in [0.15, 0.2) is 0 Å². The topological polar surface area (TPSA) is 64.3 Å². The molecule has 0 unspecified atom stereocenters. The zero-order valence-corrected chi connectivity index (χ0v) is 9.43. The van der Waals surface area contributed by atoms with Crippen LogP contribution in [-0.2, 0) is 0 Å². The molecule has 1 fully saturated rings. The minimum Gasteiger partial charge on any atom is -0.462 e. The second kappa shape index (κ2) is 5.65. The summed E-state index contributed by atoms with van der Waals surface area (Å²) in [6.07, 6.45) is 5.57. The lowest BCUT2D eigenvalue weighted by molar-refractivity contribution is 0.177. The molecule has 1 saturated heterocycles. The fraction of sp³-hybridized carbons (Fsp3) is 0.636. The van der Waals surface area contributed by atoms with E-state index in [2.05, 4.69) is 14.9 Å². The Hall–Kier alpha value is -1.36. The molecule has 0 bridgehead atoms. The Morgan fingerprint density at radius 1 is 1.31 bits per heavy atom. The van der Waals surface area contributed by atoms with E-state index in [0.717, 1.165) is 6.54 Å². The number of hydrogen-bond acceptors (Lipinski definition) is 5. The number of nitrogen functional groups attached to an aromatic ring is 1. The second-order valence-electron chi connectivity index (χ2n) is 4.01. The van der Waals surface area contributed by atoms with Crippen LogP contribution in [0.1, 0.15) is 19.3 Å². The van der Waals surface area contributed by atoms with E-state index in [1.807, 2.05) is 0 Å². The van der Waals surface area contributed by atoms with Crippen LogP contribution in [0.25, 0.3) is 0 Å². The first-order chi connectivity index (χ1) is 7.84. The van der Waals surface area contributed by atoms with Crippen molar-refractivity contribution in [3.63, 3.8) is 0 Å². The Labute approximate surface area is 95.6 Å². The van der Waals surface area contributed by atoms with Crippen LogP contribution >= 0.6 is 0 Å². The van der Waals surface area contributed by atoms with Crippen LogP contribution in [0.4, 0.5) is 5.82 Å². The molecular formula is C11H18N4O. The lowest BCUT2D eigenvalue weighted by Gasteiger charge is -2.25. The summed E-state index contributed by atoms with van der Waals surface area (Å²) in [7, 11) is 0. The second-order valence-corrected chi connectivity index (χ2v) is 4.01. The van der Waals surface area contributed by atoms with Gasteiger partial charge in [0.1, 0.15) is 12.4 Å². The SMILES string of the molecule is Nc1ccnc(OCCN2CCCCC2)n1. The molecule has 0 atom stereocenters. The maximum Gasteiger partial charge on any atom is 0.318 e. The molecule has 2 rings (SSSR count). The van der Waals surface area contributed by atoms with Gasteiger partial charge in [0.05, 0.1) is 0 Å². The van der Waals surface area contributed by atoms with Crippen molar-refractivity contribution in [2.75, 3.05) is 32.0 Å². The normalized spacial score (nSPS) is 17.2. The first kappa shape index (κ1) is 11.1. The van der Waals surface area contributed by atoms with Crippen molar-refractivity contribution >= 4 is 5.82 Å². The predicted octanol–water partition coefficient (Wildman–Crippen LogP) is 0.923. The van der Waals surface area contributed by atoms with E-state index >= 15 is 0 Å². The molecular weight excluding hydrogens is 204 g/mol. The molecule has 2 heterocycles. The number of piperidine rings is 1. The number of rotatable bonds is 4. The van der Waals surface area contributed by atoms with Gasteiger partial charge in [-0.1, -0.05) is 6.42 Å². The van der Waals surface area contributed by atoms with Crippen molar-refractivity contribution < 1.29 is 4.74 Å². The van der Waals surface area contributed by atoms with Crippen LogP contribution in [0.15, 0.2) is 12.3 Å². The Bertz CT molecular complexity index is 326. The fourth-order valence-electron chi connectivity index (χ4n) is 1.87. The highest BCUT2D eigenvalue weighted by Gasteiger charge is 2.09. The summed E-state index contributed by atoms with van der Waals surface area (Å²) in [5.41, 5.74) is 5.53. The summed E-state index contributed by atoms with van der Waals surface area (Å²) in [6.45, 7) is 3.93. The molecule has 16 heavy (non-hydrogen) atoms. The van der Waals surface area contributed by atoms with Crippen molar-refractivity contribution in [2.45, 2.75) is 19.3 Å². The predicted molar refractivity (Wildman–Crippen MR) is 62.2 cm³/mol. The fourth-order valence-corrected chi connectivity index (χ4v) is 1.87. The summed E-state index contributed by atoms with van der Waals surface area (Å²) in [5.74, 6) is 0.447. The molecule has 0 radical (unpaired) electrons. The van der Waals surface area contributed by atoms with E-state index in [-0.39, 0.29) is 0 Å². The number of aromatic nitrogens is 2. The lowest BCUT2D eigenvalue weighted by Crippen LogP contribution is -2.33. The van der Waals surface area contributed by atoms with Gasteiger partial charge in [0, 0.05) is 12.7 Å². The van der Waals surface area contributed by atoms with Crippen molar-refractivity contribution in [3.8, 4) is 6.01 Å². The number of nitrogens with two attached hydrogens (primary N) is 1. The minimum absolute atomic E-state index is 0.372. The zero-order valence-electron chi connectivity index (χ0n) is 9.43. The smallest absolute Gasteiger partial charge is 0.318 e. The Morgan fingerprint density at radius 2 is 2.12 bits per heavy atom. The van der Waals surface area contributed by atoms with Crippen LogP contribution < -0.4 is 10.5 Å². The molecule has 0 amide bonds. The Morgan fingerprint density at radius 3 is 2.88 bits per heavy atom. The van der Waals surface area contributed by atoms with E-state index in [1.165, 1.54) is 32.4 Å². The van der Waals surface area contributed by atoms with E-state index in [4.69, 9.17) is 10.5 Å². The van der Waals surface area contributed by atoms with Gasteiger partial charge in [0.25, 0.3) is 0 Å². The molecule has 0 spiro atoms. The molecule has 1 aromatic rings. The summed E-state index contributed by atoms with van der Waals surface area (Å²) < 4.78 is 5.45. The van der Waals surface area contributed by atoms with Crippen LogP contribution in [0.5, 0.6) is 6.01 Å². The van der Waals surface area contributed by atoms with Crippen molar-refractivity contribution in [3.05, 3.63) is 12.3 Å². The van der Waals surface area contributed by atoms with Gasteiger partial charge in [0.2, 0.25) is 0 Å². The van der Waals surface area contributed by atoms with Crippen LogP contribution in [0, 0.1) is 0 Å². The number of hydrogen-bond donors (Lipinski definition) is 1. The largest absolute Gasteiger partial charge is 0.462 e. The summed E-state index contributed by atoms with van der Waals surface area (Å²) in [6, 6.07) is 2.02. The molecule has 1 aromatic heterocycles. The molecule has 1 aliphatic heterocycles. The number of likely N-dealkylation sites (tertiary alicyclic amines) is 1. The molecule has 88 valence electrons. The van der Waals surface area contributed by atoms with Gasteiger partial charge in [-0.2, -0.15) is 4.98 Å². The highest BCUT2D eigenvalue weighted by Crippen LogP contribution is 2.08. The van der Waals surface area contributed by atoms with Crippen LogP contribution in [0.3, 0.4) is 0 Å². The monoisotopic (exact) mass is 222 g/mol. The molecule has 1 aliphatic rings. The summed E-state index contributed by atoms with van der Waals surface area (Å²) >= 11 is 0. The maximum atomic E-state index is 5.53. The summed E-state index contributed by atoms with van der Waals surface area (Å²) in [4.78, 5) is 10.4. The average molecular weight is 222 g/mol. The third kappa shape index (κ3) is 3.34. The van der Waals surface area contributed by atoms with Gasteiger partial charge in [-0.15, -0.1) is 0 Å². The highest BCUT2D eigenvalue weighted by atomic mass is 16.5. The minimum atomic E-state index is 0.372. The van der Waals surface area contributed by atoms with Gasteiger partial charge in [-0.05, 0) is 32.0 Å². The first-order valence-corrected chi connectivity index (χ1v) is 5.78. The maximum absolute atomic E-state index is 5.53. The first-order valence-electron chi connectivity index (χ1n) is 5.78. The van der Waals surface area contributed by atoms with Crippen molar-refractivity contribution in [1.82, 2.24) is 14.9 Å². The standard InChI is InChI=1S/C11H18N4O/c12-10-4-5-13-11(14-10)16-9-8-15-6-2-1-3-7-15/h4-5H,1-3,6-9H2,(H2,12,13,14). The van der Waals surface area contributed by atoms with Gasteiger partial charge in [-0.25, -0.2) is 4.98 Å². The van der Waals surface area contributed by atoms with Crippen molar-refractivity contribution in [1.29, 1.82) is 0 Å². The van der Waals surface area contributed by atoms with E-state index < -0.39 is 0 Å². The van der Waals surface area contributed by atoms with E-state index in [9.17, 15) is 0 Å². The zero-order chi connectivity index (χ0) is 11.2. The van der Waals surface area contributed by atoms with Crippen LogP contribution in [0.2, 0.25) is 0 Å². The van der Waals surface area contributed by atoms with Gasteiger partial charge >= 0.3 is 6.01 Å². The van der Waals surface area contributed by atoms with Crippen molar-refractivity contribution in [2.24, 2.45) is 0 Å². The quantitative estimate of drug-likeness (QED) is 0.820. The van der Waals surface area contributed by atoms with Gasteiger partial charge in [-0.3, -0.25) is 4.90 Å². The molecule has 0 saturated carbocycles.